The first-order valence-corrected chi connectivity index (χ1v) is 22.2. The Bertz CT molecular complexity index is 2170. The molecule has 4 N–H and O–H groups in total. The van der Waals surface area contributed by atoms with E-state index in [9.17, 15) is 31.2 Å². The van der Waals surface area contributed by atoms with E-state index in [1.165, 1.54) is 44.2 Å². The van der Waals surface area contributed by atoms with Gasteiger partial charge in [0.1, 0.15) is 5.75 Å². The fourth-order valence-corrected chi connectivity index (χ4v) is 8.32. The molecule has 4 aromatic rings. The number of nitrogens with zero attached hydrogens (tertiary/aromatic N) is 2. The number of hydrogen-bond donors (Lipinski definition) is 3. The second kappa shape index (κ2) is 22.0. The number of nitrogens with one attached hydrogen (secondary N) is 1. The number of ether oxygens (including phenoxy) is 1. The standard InChI is InChI=1S/C44H54N4O5S.C2HF3O2/c1-53-41-15-11-36(12-16-41)30-43(49)48(28-23-35-13-17-42(18-14-35)54(45,51)52)32-37-7-3-8-38(29-37)39-9-4-10-40(31-39)44(50)47-26-21-34(22-27-47)6-2-5-33-19-24-46-25-20-33;3-2(4,5)1(6)7/h3-4,7-18,29,31,33-34,46H,2,5-6,19-28,30,32H2,1H3,(H2,45,51,52);(H,6,7). The minimum Gasteiger partial charge on any atom is -0.497 e. The molecular weight excluding hydrogens is 810 g/mol. The van der Waals surface area contributed by atoms with Crippen LogP contribution in [0.5, 0.6) is 5.75 Å². The molecule has 2 aliphatic heterocycles. The Labute approximate surface area is 356 Å². The van der Waals surface area contributed by atoms with Crippen molar-refractivity contribution in [3.05, 3.63) is 119 Å². The van der Waals surface area contributed by atoms with Gasteiger partial charge in [-0.05, 0) is 127 Å². The van der Waals surface area contributed by atoms with Gasteiger partial charge in [0.15, 0.2) is 0 Å². The van der Waals surface area contributed by atoms with E-state index >= 15 is 0 Å². The van der Waals surface area contributed by atoms with Gasteiger partial charge in [-0.15, -0.1) is 0 Å². The zero-order valence-electron chi connectivity index (χ0n) is 34.4. The molecule has 11 nitrogen and oxygen atoms in total. The van der Waals surface area contributed by atoms with Crippen LogP contribution in [0, 0.1) is 11.8 Å². The van der Waals surface area contributed by atoms with Crippen LogP contribution in [0.1, 0.15) is 72.0 Å². The van der Waals surface area contributed by atoms with Crippen LogP contribution < -0.4 is 15.2 Å². The first-order chi connectivity index (χ1) is 29.1. The number of benzene rings is 4. The summed E-state index contributed by atoms with van der Waals surface area (Å²) >= 11 is 0. The molecule has 0 spiro atoms. The quantitative estimate of drug-likeness (QED) is 0.111. The number of rotatable bonds is 15. The number of aliphatic carboxylic acids is 1. The Morgan fingerprint density at radius 1 is 0.820 bits per heavy atom. The highest BCUT2D eigenvalue weighted by Crippen LogP contribution is 2.28. The van der Waals surface area contributed by atoms with Crippen LogP contribution in [0.15, 0.2) is 102 Å². The number of carboxylic acids is 1. The van der Waals surface area contributed by atoms with Gasteiger partial charge in [0.2, 0.25) is 15.9 Å². The van der Waals surface area contributed by atoms with Crippen molar-refractivity contribution in [2.75, 3.05) is 39.8 Å². The molecule has 0 unspecified atom stereocenters. The summed E-state index contributed by atoms with van der Waals surface area (Å²) in [6, 6.07) is 30.0. The molecule has 2 heterocycles. The molecule has 0 radical (unpaired) electrons. The van der Waals surface area contributed by atoms with E-state index in [4.69, 9.17) is 19.8 Å². The summed E-state index contributed by atoms with van der Waals surface area (Å²) in [5.74, 6) is -0.370. The number of hydrogen-bond acceptors (Lipinski definition) is 7. The van der Waals surface area contributed by atoms with Crippen LogP contribution in [0.2, 0.25) is 0 Å². The fraction of sp³-hybridized carbons (Fsp3) is 0.413. The lowest BCUT2D eigenvalue weighted by molar-refractivity contribution is -0.192. The maximum atomic E-state index is 13.8. The lowest BCUT2D eigenvalue weighted by Crippen LogP contribution is -2.38. The predicted molar refractivity (Wildman–Crippen MR) is 227 cm³/mol. The largest absolute Gasteiger partial charge is 0.497 e. The Morgan fingerprint density at radius 3 is 1.98 bits per heavy atom. The maximum absolute atomic E-state index is 13.8. The second-order valence-electron chi connectivity index (χ2n) is 15.7. The number of alkyl halides is 3. The van der Waals surface area contributed by atoms with Crippen molar-refractivity contribution in [1.82, 2.24) is 15.1 Å². The van der Waals surface area contributed by atoms with Crippen LogP contribution in [0.4, 0.5) is 13.2 Å². The van der Waals surface area contributed by atoms with E-state index in [1.54, 1.807) is 19.2 Å². The van der Waals surface area contributed by atoms with Gasteiger partial charge in [-0.25, -0.2) is 18.4 Å². The number of amides is 2. The highest BCUT2D eigenvalue weighted by atomic mass is 32.2. The predicted octanol–water partition coefficient (Wildman–Crippen LogP) is 7.48. The Morgan fingerprint density at radius 2 is 1.39 bits per heavy atom. The first-order valence-electron chi connectivity index (χ1n) is 20.6. The third-order valence-corrected chi connectivity index (χ3v) is 12.3. The zero-order valence-corrected chi connectivity index (χ0v) is 35.2. The van der Waals surface area contributed by atoms with Gasteiger partial charge < -0.3 is 25.0 Å². The van der Waals surface area contributed by atoms with E-state index in [2.05, 4.69) is 11.4 Å². The molecule has 61 heavy (non-hydrogen) atoms. The molecule has 15 heteroatoms. The number of carbonyl (C=O) groups excluding carboxylic acids is 2. The molecule has 6 rings (SSSR count). The number of piperidine rings is 2. The average Bonchev–Trinajstić information content (AvgIpc) is 3.25. The highest BCUT2D eigenvalue weighted by molar-refractivity contribution is 7.89. The molecule has 0 atom stereocenters. The van der Waals surface area contributed by atoms with Gasteiger partial charge >= 0.3 is 12.1 Å². The van der Waals surface area contributed by atoms with Crippen molar-refractivity contribution >= 4 is 27.8 Å². The number of carbonyl (C=O) groups is 3. The summed E-state index contributed by atoms with van der Waals surface area (Å²) < 4.78 is 60.5. The topological polar surface area (TPSA) is 159 Å². The van der Waals surface area contributed by atoms with Crippen LogP contribution in [-0.4, -0.2) is 87.1 Å². The minimum absolute atomic E-state index is 0.0233. The number of primary sulfonamides is 1. The SMILES string of the molecule is COc1ccc(CC(=O)N(CCc2ccc(S(N)(=O)=O)cc2)Cc2cccc(-c3cccc(C(=O)N4CCC(CCCC5CCNCC5)CC4)c3)c2)cc1.O=C(O)C(F)(F)F. The summed E-state index contributed by atoms with van der Waals surface area (Å²) in [6.45, 7) is 4.78. The number of likely N-dealkylation sites (tertiary alicyclic amines) is 1. The van der Waals surface area contributed by atoms with Gasteiger partial charge in [0.25, 0.3) is 5.91 Å². The maximum Gasteiger partial charge on any atom is 0.490 e. The zero-order chi connectivity index (χ0) is 44.0. The molecule has 2 aliphatic rings. The lowest BCUT2D eigenvalue weighted by atomic mass is 9.87. The van der Waals surface area contributed by atoms with E-state index in [0.29, 0.717) is 31.0 Å². The van der Waals surface area contributed by atoms with Crippen molar-refractivity contribution in [1.29, 1.82) is 0 Å². The fourth-order valence-electron chi connectivity index (χ4n) is 7.81. The second-order valence-corrected chi connectivity index (χ2v) is 17.3. The lowest BCUT2D eigenvalue weighted by Gasteiger charge is -2.32. The molecule has 2 fully saturated rings. The van der Waals surface area contributed by atoms with E-state index in [0.717, 1.165) is 78.5 Å². The molecular formula is C46H55F3N4O7S. The molecule has 2 saturated heterocycles. The Balaban J connectivity index is 0.000000925. The van der Waals surface area contributed by atoms with Crippen molar-refractivity contribution in [2.24, 2.45) is 17.0 Å². The summed E-state index contributed by atoms with van der Waals surface area (Å²) in [5, 5.41) is 15.9. The highest BCUT2D eigenvalue weighted by Gasteiger charge is 2.38. The van der Waals surface area contributed by atoms with E-state index in [1.807, 2.05) is 76.5 Å². The van der Waals surface area contributed by atoms with Crippen LogP contribution in [0.3, 0.4) is 0 Å². The third kappa shape index (κ3) is 14.7. The third-order valence-electron chi connectivity index (χ3n) is 11.4. The average molecular weight is 865 g/mol. The van der Waals surface area contributed by atoms with Gasteiger partial charge in [-0.3, -0.25) is 9.59 Å². The van der Waals surface area contributed by atoms with Crippen LogP contribution >= 0.6 is 0 Å². The van der Waals surface area contributed by atoms with Crippen LogP contribution in [-0.2, 0) is 39.0 Å². The van der Waals surface area contributed by atoms with Crippen molar-refractivity contribution < 1.29 is 45.8 Å². The smallest absolute Gasteiger partial charge is 0.490 e. The Hall–Kier alpha value is -5.25. The van der Waals surface area contributed by atoms with E-state index < -0.39 is 22.2 Å². The van der Waals surface area contributed by atoms with Crippen molar-refractivity contribution in [3.8, 4) is 16.9 Å². The number of nitrogens with two attached hydrogens (primary N) is 1. The first kappa shape index (κ1) is 46.8. The van der Waals surface area contributed by atoms with Gasteiger partial charge in [-0.1, -0.05) is 73.9 Å². The van der Waals surface area contributed by atoms with Crippen molar-refractivity contribution in [3.63, 3.8) is 0 Å². The molecule has 0 saturated carbocycles. The van der Waals surface area contributed by atoms with Crippen LogP contribution in [0.25, 0.3) is 11.1 Å². The molecule has 328 valence electrons. The molecule has 0 aliphatic carbocycles. The number of halogens is 3. The summed E-state index contributed by atoms with van der Waals surface area (Å²) in [7, 11) is -2.18. The van der Waals surface area contributed by atoms with Crippen molar-refractivity contribution in [2.45, 2.75) is 75.4 Å². The summed E-state index contributed by atoms with van der Waals surface area (Å²) in [6.07, 6.45) is 4.38. The number of carboxylic acid groups (broad SMARTS) is 1. The minimum atomic E-state index is -5.08. The molecule has 4 aromatic carbocycles. The number of sulfonamides is 1. The van der Waals surface area contributed by atoms with E-state index in [-0.39, 0.29) is 23.1 Å². The molecule has 0 bridgehead atoms. The monoisotopic (exact) mass is 864 g/mol. The normalized spacial score (nSPS) is 15.1. The number of methoxy groups -OCH3 is 1. The Kier molecular flexibility index (Phi) is 16.9. The van der Waals surface area contributed by atoms with Gasteiger partial charge in [0.05, 0.1) is 18.4 Å². The molecule has 0 aromatic heterocycles. The molecule has 2 amide bonds. The van der Waals surface area contributed by atoms with Gasteiger partial charge in [0, 0.05) is 31.7 Å². The summed E-state index contributed by atoms with van der Waals surface area (Å²) in [5.41, 5.74) is 5.40. The summed E-state index contributed by atoms with van der Waals surface area (Å²) in [4.78, 5) is 40.3. The van der Waals surface area contributed by atoms with Gasteiger partial charge in [-0.2, -0.15) is 13.2 Å².